The van der Waals surface area contributed by atoms with Crippen molar-refractivity contribution in [2.75, 3.05) is 19.6 Å². The lowest BCUT2D eigenvalue weighted by molar-refractivity contribution is -0.132. The number of hydrogen-bond acceptors (Lipinski definition) is 2. The predicted octanol–water partition coefficient (Wildman–Crippen LogP) is 2.91. The smallest absolute Gasteiger partial charge is 0.222 e. The molecule has 0 unspecified atom stereocenters. The lowest BCUT2D eigenvalue weighted by atomic mass is 9.90. The zero-order chi connectivity index (χ0) is 15.1. The zero-order valence-electron chi connectivity index (χ0n) is 13.2. The molecule has 0 aliphatic carbocycles. The van der Waals surface area contributed by atoms with Gasteiger partial charge in [-0.3, -0.25) is 4.79 Å². The van der Waals surface area contributed by atoms with E-state index in [1.54, 1.807) is 0 Å². The van der Waals surface area contributed by atoms with Crippen molar-refractivity contribution in [2.45, 2.75) is 45.4 Å². The minimum Gasteiger partial charge on any atom is -0.343 e. The topological polar surface area (TPSA) is 46.3 Å². The Labute approximate surface area is 128 Å². The van der Waals surface area contributed by atoms with Gasteiger partial charge in [-0.05, 0) is 57.1 Å². The fourth-order valence-electron chi connectivity index (χ4n) is 3.01. The molecule has 2 rings (SSSR count). The van der Waals surface area contributed by atoms with Gasteiger partial charge in [-0.15, -0.1) is 0 Å². The third-order valence-corrected chi connectivity index (χ3v) is 4.52. The Morgan fingerprint density at radius 3 is 2.52 bits per heavy atom. The maximum absolute atomic E-state index is 11.9. The monoisotopic (exact) mass is 288 g/mol. The molecular formula is C18H28N2O. The van der Waals surface area contributed by atoms with Crippen LogP contribution in [0, 0.1) is 12.8 Å². The summed E-state index contributed by atoms with van der Waals surface area (Å²) in [5, 5.41) is 0. The highest BCUT2D eigenvalue weighted by molar-refractivity contribution is 5.76. The average Bonchev–Trinajstić information content (AvgIpc) is 2.52. The molecule has 1 saturated heterocycles. The maximum Gasteiger partial charge on any atom is 0.222 e. The van der Waals surface area contributed by atoms with Gasteiger partial charge in [0.25, 0.3) is 0 Å². The zero-order valence-corrected chi connectivity index (χ0v) is 13.2. The van der Waals surface area contributed by atoms with Gasteiger partial charge in [0.1, 0.15) is 0 Å². The summed E-state index contributed by atoms with van der Waals surface area (Å²) in [4.78, 5) is 14.0. The quantitative estimate of drug-likeness (QED) is 0.875. The van der Waals surface area contributed by atoms with Crippen molar-refractivity contribution < 1.29 is 4.79 Å². The number of hydrogen-bond donors (Lipinski definition) is 1. The van der Waals surface area contributed by atoms with Gasteiger partial charge in [-0.25, -0.2) is 0 Å². The summed E-state index contributed by atoms with van der Waals surface area (Å²) >= 11 is 0. The second-order valence-corrected chi connectivity index (χ2v) is 6.24. The van der Waals surface area contributed by atoms with Crippen LogP contribution in [0.15, 0.2) is 24.3 Å². The van der Waals surface area contributed by atoms with Gasteiger partial charge < -0.3 is 10.6 Å². The summed E-state index contributed by atoms with van der Waals surface area (Å²) in [6, 6.07) is 8.85. The van der Waals surface area contributed by atoms with E-state index in [0.717, 1.165) is 44.7 Å². The number of nitrogens with two attached hydrogens (primary N) is 1. The van der Waals surface area contributed by atoms with E-state index in [0.29, 0.717) is 13.0 Å². The molecule has 0 atom stereocenters. The minimum atomic E-state index is 0.289. The molecule has 1 aromatic rings. The maximum atomic E-state index is 11.9. The van der Waals surface area contributed by atoms with Crippen LogP contribution in [-0.4, -0.2) is 30.4 Å². The minimum absolute atomic E-state index is 0.289. The van der Waals surface area contributed by atoms with Crippen LogP contribution in [0.3, 0.4) is 0 Å². The highest BCUT2D eigenvalue weighted by Gasteiger charge is 2.22. The van der Waals surface area contributed by atoms with E-state index in [1.807, 2.05) is 4.90 Å². The summed E-state index contributed by atoms with van der Waals surface area (Å²) in [5.74, 6) is 1.06. The second-order valence-electron chi connectivity index (χ2n) is 6.24. The van der Waals surface area contributed by atoms with E-state index in [4.69, 9.17) is 5.73 Å². The number of amides is 1. The molecule has 1 amide bonds. The fraction of sp³-hybridized carbons (Fsp3) is 0.611. The molecule has 116 valence electrons. The summed E-state index contributed by atoms with van der Waals surface area (Å²) in [6.45, 7) is 4.60. The van der Waals surface area contributed by atoms with E-state index < -0.39 is 0 Å². The van der Waals surface area contributed by atoms with Crippen molar-refractivity contribution in [1.82, 2.24) is 4.90 Å². The van der Waals surface area contributed by atoms with Crippen LogP contribution in [0.4, 0.5) is 0 Å². The van der Waals surface area contributed by atoms with Crippen LogP contribution in [0.1, 0.15) is 43.2 Å². The van der Waals surface area contributed by atoms with Gasteiger partial charge in [0.2, 0.25) is 5.91 Å². The van der Waals surface area contributed by atoms with Crippen LogP contribution < -0.4 is 5.73 Å². The molecule has 1 fully saturated rings. The largest absolute Gasteiger partial charge is 0.343 e. The first-order chi connectivity index (χ1) is 10.2. The summed E-state index contributed by atoms with van der Waals surface area (Å²) in [6.07, 6.45) is 6.14. The van der Waals surface area contributed by atoms with Crippen molar-refractivity contribution in [3.05, 3.63) is 35.4 Å². The Morgan fingerprint density at radius 1 is 1.24 bits per heavy atom. The molecule has 3 heteroatoms. The second kappa shape index (κ2) is 8.18. The van der Waals surface area contributed by atoms with E-state index >= 15 is 0 Å². The molecule has 0 bridgehead atoms. The molecule has 1 heterocycles. The Hall–Kier alpha value is -1.35. The Bertz CT molecular complexity index is 433. The van der Waals surface area contributed by atoms with Gasteiger partial charge in [-0.2, -0.15) is 0 Å². The van der Waals surface area contributed by atoms with E-state index in [1.165, 1.54) is 17.5 Å². The Kier molecular flexibility index (Phi) is 6.24. The number of carbonyl (C=O) groups is 1. The molecule has 1 aromatic carbocycles. The highest BCUT2D eigenvalue weighted by atomic mass is 16.2. The standard InChI is InChI=1S/C18H28N2O/c1-15-4-6-16(7-5-15)8-9-17-10-13-20(14-11-17)18(21)3-2-12-19/h4-7,17H,2-3,8-14,19H2,1H3. The average molecular weight is 288 g/mol. The first-order valence-electron chi connectivity index (χ1n) is 8.22. The van der Waals surface area contributed by atoms with Crippen molar-refractivity contribution in [3.8, 4) is 0 Å². The normalized spacial score (nSPS) is 16.2. The molecule has 2 N–H and O–H groups in total. The van der Waals surface area contributed by atoms with E-state index in [9.17, 15) is 4.79 Å². The molecule has 1 aliphatic heterocycles. The number of benzene rings is 1. The number of carbonyl (C=O) groups excluding carboxylic acids is 1. The molecule has 0 radical (unpaired) electrons. The Morgan fingerprint density at radius 2 is 1.90 bits per heavy atom. The van der Waals surface area contributed by atoms with Crippen molar-refractivity contribution >= 4 is 5.91 Å². The van der Waals surface area contributed by atoms with E-state index in [2.05, 4.69) is 31.2 Å². The lowest BCUT2D eigenvalue weighted by Gasteiger charge is -2.32. The number of nitrogens with zero attached hydrogens (tertiary/aromatic N) is 1. The number of rotatable bonds is 6. The first kappa shape index (κ1) is 16.0. The van der Waals surface area contributed by atoms with Gasteiger partial charge in [0, 0.05) is 19.5 Å². The van der Waals surface area contributed by atoms with Crippen LogP contribution in [0.5, 0.6) is 0 Å². The molecule has 0 aromatic heterocycles. The lowest BCUT2D eigenvalue weighted by Crippen LogP contribution is -2.38. The summed E-state index contributed by atoms with van der Waals surface area (Å²) in [7, 11) is 0. The summed E-state index contributed by atoms with van der Waals surface area (Å²) in [5.41, 5.74) is 8.22. The molecule has 21 heavy (non-hydrogen) atoms. The van der Waals surface area contributed by atoms with Crippen LogP contribution in [0.25, 0.3) is 0 Å². The van der Waals surface area contributed by atoms with E-state index in [-0.39, 0.29) is 5.91 Å². The van der Waals surface area contributed by atoms with Crippen molar-refractivity contribution in [2.24, 2.45) is 11.7 Å². The molecule has 3 nitrogen and oxygen atoms in total. The first-order valence-corrected chi connectivity index (χ1v) is 8.22. The number of piperidine rings is 1. The van der Waals surface area contributed by atoms with Gasteiger partial charge in [0.05, 0.1) is 0 Å². The number of aryl methyl sites for hydroxylation is 2. The third-order valence-electron chi connectivity index (χ3n) is 4.52. The van der Waals surface area contributed by atoms with Crippen LogP contribution in [0.2, 0.25) is 0 Å². The van der Waals surface area contributed by atoms with Crippen molar-refractivity contribution in [3.63, 3.8) is 0 Å². The molecular weight excluding hydrogens is 260 g/mol. The van der Waals surface area contributed by atoms with Crippen molar-refractivity contribution in [1.29, 1.82) is 0 Å². The number of likely N-dealkylation sites (tertiary alicyclic amines) is 1. The van der Waals surface area contributed by atoms with Crippen LogP contribution in [-0.2, 0) is 11.2 Å². The van der Waals surface area contributed by atoms with Gasteiger partial charge in [0.15, 0.2) is 0 Å². The van der Waals surface area contributed by atoms with Gasteiger partial charge in [-0.1, -0.05) is 29.8 Å². The summed E-state index contributed by atoms with van der Waals surface area (Å²) < 4.78 is 0. The van der Waals surface area contributed by atoms with Crippen LogP contribution >= 0.6 is 0 Å². The fourth-order valence-corrected chi connectivity index (χ4v) is 3.01. The Balaban J connectivity index is 1.69. The molecule has 1 aliphatic rings. The third kappa shape index (κ3) is 5.16. The highest BCUT2D eigenvalue weighted by Crippen LogP contribution is 2.23. The molecule has 0 saturated carbocycles. The predicted molar refractivity (Wildman–Crippen MR) is 87.1 cm³/mol. The van der Waals surface area contributed by atoms with Gasteiger partial charge >= 0.3 is 0 Å². The molecule has 0 spiro atoms. The SMILES string of the molecule is Cc1ccc(CCC2CCN(C(=O)CCCN)CC2)cc1.